The van der Waals surface area contributed by atoms with Crippen molar-refractivity contribution in [2.24, 2.45) is 4.99 Å². The first-order valence-electron chi connectivity index (χ1n) is 13.6. The number of benzene rings is 2. The molecule has 222 valence electrons. The monoisotopic (exact) mass is 572 g/mol. The van der Waals surface area contributed by atoms with Crippen LogP contribution in [0, 0.1) is 0 Å². The lowest BCUT2D eigenvalue weighted by Crippen LogP contribution is -2.23. The SMILES string of the molecule is CC.CC.CC(CCN(C)C)=Nc1cccc2c1cc(-c1nc(CNC(=O)c3ccccc3)no1)n2CC(F)(F)F. The molecule has 2 heterocycles. The predicted octanol–water partition coefficient (Wildman–Crippen LogP) is 7.28. The first kappa shape index (κ1) is 33.2. The number of hydrogen-bond donors (Lipinski definition) is 1. The van der Waals surface area contributed by atoms with E-state index in [0.29, 0.717) is 22.2 Å². The second kappa shape index (κ2) is 15.7. The van der Waals surface area contributed by atoms with Gasteiger partial charge in [-0.3, -0.25) is 9.79 Å². The normalized spacial score (nSPS) is 11.5. The number of hydrogen-bond acceptors (Lipinski definition) is 6. The fourth-order valence-electron chi connectivity index (χ4n) is 3.82. The van der Waals surface area contributed by atoms with Crippen molar-refractivity contribution in [2.45, 2.75) is 60.3 Å². The fraction of sp³-hybridized carbons (Fsp3) is 0.400. The van der Waals surface area contributed by atoms with Gasteiger partial charge in [0.1, 0.15) is 12.2 Å². The molecular formula is C30H39F3N6O2. The molecule has 0 bridgehead atoms. The molecule has 4 rings (SSSR count). The first-order valence-corrected chi connectivity index (χ1v) is 13.6. The summed E-state index contributed by atoms with van der Waals surface area (Å²) in [6.45, 7) is 9.42. The summed E-state index contributed by atoms with van der Waals surface area (Å²) in [5, 5.41) is 7.07. The van der Waals surface area contributed by atoms with Crippen LogP contribution in [-0.4, -0.2) is 58.0 Å². The van der Waals surface area contributed by atoms with E-state index in [1.54, 1.807) is 54.6 Å². The van der Waals surface area contributed by atoms with Crippen LogP contribution in [-0.2, 0) is 13.1 Å². The van der Waals surface area contributed by atoms with Gasteiger partial charge in [0, 0.05) is 23.2 Å². The minimum Gasteiger partial charge on any atom is -0.345 e. The topological polar surface area (TPSA) is 88.6 Å². The summed E-state index contributed by atoms with van der Waals surface area (Å²) >= 11 is 0. The van der Waals surface area contributed by atoms with Crippen LogP contribution >= 0.6 is 0 Å². The van der Waals surface area contributed by atoms with Crippen molar-refractivity contribution in [3.8, 4) is 11.6 Å². The quantitative estimate of drug-likeness (QED) is 0.213. The Morgan fingerprint density at radius 1 is 1.05 bits per heavy atom. The molecule has 0 unspecified atom stereocenters. The summed E-state index contributed by atoms with van der Waals surface area (Å²) in [5.74, 6) is -0.269. The number of rotatable bonds is 9. The molecule has 0 atom stereocenters. The number of aliphatic imine (C=N–C) groups is 1. The van der Waals surface area contributed by atoms with Crippen LogP contribution in [0.4, 0.5) is 18.9 Å². The smallest absolute Gasteiger partial charge is 0.345 e. The highest BCUT2D eigenvalue weighted by atomic mass is 19.4. The largest absolute Gasteiger partial charge is 0.406 e. The molecule has 0 aliphatic carbocycles. The van der Waals surface area contributed by atoms with Crippen molar-refractivity contribution in [3.63, 3.8) is 0 Å². The maximum atomic E-state index is 13.5. The van der Waals surface area contributed by atoms with Crippen LogP contribution in [0.1, 0.15) is 57.2 Å². The van der Waals surface area contributed by atoms with Gasteiger partial charge in [-0.15, -0.1) is 0 Å². The molecular weight excluding hydrogens is 533 g/mol. The highest BCUT2D eigenvalue weighted by Crippen LogP contribution is 2.35. The highest BCUT2D eigenvalue weighted by Gasteiger charge is 2.31. The van der Waals surface area contributed by atoms with Crippen molar-refractivity contribution < 1.29 is 22.5 Å². The van der Waals surface area contributed by atoms with Crippen molar-refractivity contribution in [1.29, 1.82) is 0 Å². The summed E-state index contributed by atoms with van der Waals surface area (Å²) in [6.07, 6.45) is -3.75. The molecule has 2 aromatic heterocycles. The second-order valence-electron chi connectivity index (χ2n) is 8.91. The van der Waals surface area contributed by atoms with Crippen molar-refractivity contribution >= 4 is 28.2 Å². The van der Waals surface area contributed by atoms with Gasteiger partial charge in [-0.2, -0.15) is 18.2 Å². The Balaban J connectivity index is 0.00000141. The molecule has 0 saturated carbocycles. The highest BCUT2D eigenvalue weighted by molar-refractivity contribution is 5.98. The number of aromatic nitrogens is 3. The lowest BCUT2D eigenvalue weighted by molar-refractivity contribution is -0.139. The Kier molecular flexibility index (Phi) is 12.7. The van der Waals surface area contributed by atoms with Crippen molar-refractivity contribution in [3.05, 3.63) is 66.0 Å². The van der Waals surface area contributed by atoms with E-state index in [-0.39, 0.29) is 29.9 Å². The fourth-order valence-corrected chi connectivity index (χ4v) is 3.82. The maximum absolute atomic E-state index is 13.5. The van der Waals surface area contributed by atoms with Gasteiger partial charge in [0.25, 0.3) is 11.8 Å². The Morgan fingerprint density at radius 2 is 1.73 bits per heavy atom. The van der Waals surface area contributed by atoms with Crippen molar-refractivity contribution in [1.82, 2.24) is 24.9 Å². The Morgan fingerprint density at radius 3 is 2.37 bits per heavy atom. The number of halogens is 3. The lowest BCUT2D eigenvalue weighted by Gasteiger charge is -2.12. The summed E-state index contributed by atoms with van der Waals surface area (Å²) in [4.78, 5) is 23.2. The average molecular weight is 573 g/mol. The Labute approximate surface area is 239 Å². The summed E-state index contributed by atoms with van der Waals surface area (Å²) in [5.41, 5.74) is 2.36. The van der Waals surface area contributed by atoms with Crippen LogP contribution < -0.4 is 5.32 Å². The molecule has 0 radical (unpaired) electrons. The van der Waals surface area contributed by atoms with E-state index in [9.17, 15) is 18.0 Å². The zero-order chi connectivity index (χ0) is 30.6. The maximum Gasteiger partial charge on any atom is 0.406 e. The van der Waals surface area contributed by atoms with Gasteiger partial charge in [-0.25, -0.2) is 0 Å². The van der Waals surface area contributed by atoms with Crippen LogP contribution in [0.2, 0.25) is 0 Å². The van der Waals surface area contributed by atoms with E-state index in [0.717, 1.165) is 23.2 Å². The molecule has 1 N–H and O–H groups in total. The average Bonchev–Trinajstić information content (AvgIpc) is 3.58. The molecule has 8 nitrogen and oxygen atoms in total. The molecule has 0 spiro atoms. The number of alkyl halides is 3. The summed E-state index contributed by atoms with van der Waals surface area (Å²) < 4.78 is 47.0. The number of fused-ring (bicyclic) bond motifs is 1. The third-order valence-corrected chi connectivity index (χ3v) is 5.62. The number of nitrogens with zero attached hydrogens (tertiary/aromatic N) is 5. The molecule has 0 fully saturated rings. The van der Waals surface area contributed by atoms with Crippen LogP contribution in [0.3, 0.4) is 0 Å². The van der Waals surface area contributed by atoms with Gasteiger partial charge < -0.3 is 19.3 Å². The second-order valence-corrected chi connectivity index (χ2v) is 8.91. The third kappa shape index (κ3) is 9.56. The molecule has 2 aromatic carbocycles. The minimum atomic E-state index is -4.48. The van der Waals surface area contributed by atoms with Crippen molar-refractivity contribution in [2.75, 3.05) is 20.6 Å². The number of carbonyl (C=O) groups excluding carboxylic acids is 1. The molecule has 0 aliphatic rings. The molecule has 0 saturated heterocycles. The van der Waals surface area contributed by atoms with E-state index in [2.05, 4.69) is 20.4 Å². The molecule has 1 amide bonds. The van der Waals surface area contributed by atoms with E-state index in [1.165, 1.54) is 0 Å². The molecule has 0 aliphatic heterocycles. The van der Waals surface area contributed by atoms with E-state index in [1.807, 2.05) is 53.6 Å². The van der Waals surface area contributed by atoms with Crippen LogP contribution in [0.5, 0.6) is 0 Å². The number of nitrogens with one attached hydrogen (secondary N) is 1. The van der Waals surface area contributed by atoms with Gasteiger partial charge in [0.2, 0.25) is 0 Å². The third-order valence-electron chi connectivity index (χ3n) is 5.62. The lowest BCUT2D eigenvalue weighted by atomic mass is 10.2. The zero-order valence-electron chi connectivity index (χ0n) is 24.7. The molecule has 4 aromatic rings. The zero-order valence-corrected chi connectivity index (χ0v) is 24.7. The van der Waals surface area contributed by atoms with Crippen LogP contribution in [0.25, 0.3) is 22.5 Å². The van der Waals surface area contributed by atoms with Gasteiger partial charge in [-0.1, -0.05) is 57.1 Å². The van der Waals surface area contributed by atoms with E-state index in [4.69, 9.17) is 4.52 Å². The standard InChI is InChI=1S/C26H27F3N6O2.2C2H6/c1-17(12-13-34(2)3)31-20-10-7-11-21-19(20)14-22(35(21)16-26(27,28)29)25-32-23(33-37-25)15-30-24(36)18-8-5-4-6-9-18;2*1-2/h4-11,14H,12-13,15-16H2,1-3H3,(H,30,36);2*1-2H3. The van der Waals surface area contributed by atoms with Gasteiger partial charge in [0.05, 0.1) is 17.7 Å². The number of carbonyl (C=O) groups is 1. The summed E-state index contributed by atoms with van der Waals surface area (Å²) in [7, 11) is 3.92. The van der Waals surface area contributed by atoms with E-state index < -0.39 is 12.7 Å². The van der Waals surface area contributed by atoms with Gasteiger partial charge in [0.15, 0.2) is 5.82 Å². The van der Waals surface area contributed by atoms with Gasteiger partial charge in [-0.05, 0) is 57.8 Å². The molecule has 41 heavy (non-hydrogen) atoms. The Bertz CT molecular complexity index is 1410. The van der Waals surface area contributed by atoms with Gasteiger partial charge >= 0.3 is 6.18 Å². The minimum absolute atomic E-state index is 0.0443. The first-order chi connectivity index (χ1) is 19.6. The van der Waals surface area contributed by atoms with Crippen LogP contribution in [0.15, 0.2) is 64.1 Å². The number of amides is 1. The van der Waals surface area contributed by atoms with E-state index >= 15 is 0 Å². The molecule has 11 heteroatoms. The summed E-state index contributed by atoms with van der Waals surface area (Å²) in [6, 6.07) is 15.2. The Hall–Kier alpha value is -3.99. The predicted molar refractivity (Wildman–Crippen MR) is 158 cm³/mol.